The van der Waals surface area contributed by atoms with Crippen LogP contribution in [0.5, 0.6) is 0 Å². The van der Waals surface area contributed by atoms with Gasteiger partial charge in [0, 0.05) is 28.3 Å². The lowest BCUT2D eigenvalue weighted by Gasteiger charge is -2.06. The number of hydrogen-bond acceptors (Lipinski definition) is 4. The zero-order chi connectivity index (χ0) is 13.4. The van der Waals surface area contributed by atoms with Crippen molar-refractivity contribution in [3.05, 3.63) is 41.5 Å². The minimum absolute atomic E-state index is 0.245. The molecule has 0 spiro atoms. The molecule has 0 saturated carbocycles. The molecular weight excluding hydrogens is 256 g/mol. The molecule has 5 N–H and O–H groups in total. The van der Waals surface area contributed by atoms with Crippen LogP contribution >= 0.6 is 11.8 Å². The molecule has 4 nitrogen and oxygen atoms in total. The first-order valence-corrected chi connectivity index (χ1v) is 7.02. The zero-order valence-electron chi connectivity index (χ0n) is 10.3. The minimum atomic E-state index is 0.245. The van der Waals surface area contributed by atoms with E-state index in [4.69, 9.17) is 16.9 Å². The van der Waals surface area contributed by atoms with Gasteiger partial charge < -0.3 is 11.5 Å². The predicted octanol–water partition coefficient (Wildman–Crippen LogP) is 1.93. The molecule has 2 aromatic rings. The number of nitrogens with zero attached hydrogens (tertiary/aromatic N) is 1. The first kappa shape index (κ1) is 12.2. The monoisotopic (exact) mass is 270 g/mol. The quantitative estimate of drug-likeness (QED) is 0.745. The van der Waals surface area contributed by atoms with Gasteiger partial charge in [-0.25, -0.2) is 4.99 Å². The van der Waals surface area contributed by atoms with Gasteiger partial charge in [0.2, 0.25) is 0 Å². The van der Waals surface area contributed by atoms with Crippen LogP contribution in [0.4, 0.5) is 0 Å². The van der Waals surface area contributed by atoms with Crippen molar-refractivity contribution >= 4 is 34.2 Å². The molecule has 2 aromatic carbocycles. The highest BCUT2D eigenvalue weighted by molar-refractivity contribution is 7.99. The summed E-state index contributed by atoms with van der Waals surface area (Å²) in [6, 6.07) is 10.3. The summed E-state index contributed by atoms with van der Waals surface area (Å²) in [6.45, 7) is 0.669. The van der Waals surface area contributed by atoms with E-state index < -0.39 is 0 Å². The van der Waals surface area contributed by atoms with Crippen LogP contribution in [-0.4, -0.2) is 24.0 Å². The fourth-order valence-corrected chi connectivity index (χ4v) is 2.92. The van der Waals surface area contributed by atoms with Crippen molar-refractivity contribution in [1.29, 1.82) is 5.41 Å². The molecule has 0 radical (unpaired) electrons. The van der Waals surface area contributed by atoms with Crippen LogP contribution < -0.4 is 11.5 Å². The largest absolute Gasteiger partial charge is 0.383 e. The zero-order valence-corrected chi connectivity index (χ0v) is 11.1. The number of amidine groups is 2. The summed E-state index contributed by atoms with van der Waals surface area (Å²) in [4.78, 5) is 5.20. The number of rotatable bonds is 3. The Morgan fingerprint density at radius 2 is 1.89 bits per heavy atom. The van der Waals surface area contributed by atoms with Gasteiger partial charge in [0.15, 0.2) is 5.84 Å². The van der Waals surface area contributed by atoms with Crippen molar-refractivity contribution in [3.8, 4) is 0 Å². The van der Waals surface area contributed by atoms with Crippen LogP contribution in [0.25, 0.3) is 10.8 Å². The average molecular weight is 270 g/mol. The van der Waals surface area contributed by atoms with Crippen molar-refractivity contribution in [2.45, 2.75) is 4.90 Å². The lowest BCUT2D eigenvalue weighted by Crippen LogP contribution is -2.10. The standard InChI is InChI=1S/C14H14N4S/c15-3-4-19-10-2-1-8-6-11-12(7-9(8)5-10)14(17)18-13(11)16/h1-2,5-7H,3-4,15H2,(H3,16,17,18). The number of hydrogen-bond donors (Lipinski definition) is 3. The van der Waals surface area contributed by atoms with Crippen molar-refractivity contribution in [2.24, 2.45) is 16.5 Å². The Kier molecular flexibility index (Phi) is 3.00. The normalized spacial score (nSPS) is 13.7. The summed E-state index contributed by atoms with van der Waals surface area (Å²) in [7, 11) is 0. The predicted molar refractivity (Wildman–Crippen MR) is 81.3 cm³/mol. The lowest BCUT2D eigenvalue weighted by molar-refractivity contribution is 1.15. The molecule has 1 aliphatic heterocycles. The Hall–Kier alpha value is -1.85. The van der Waals surface area contributed by atoms with E-state index in [9.17, 15) is 0 Å². The number of nitrogens with one attached hydrogen (secondary N) is 1. The highest BCUT2D eigenvalue weighted by Gasteiger charge is 2.18. The van der Waals surface area contributed by atoms with Crippen LogP contribution in [0.15, 0.2) is 40.2 Å². The van der Waals surface area contributed by atoms with E-state index in [1.165, 1.54) is 4.90 Å². The first-order chi connectivity index (χ1) is 9.19. The lowest BCUT2D eigenvalue weighted by atomic mass is 10.0. The summed E-state index contributed by atoms with van der Waals surface area (Å²) < 4.78 is 0. The minimum Gasteiger partial charge on any atom is -0.383 e. The second kappa shape index (κ2) is 4.68. The van der Waals surface area contributed by atoms with Crippen LogP contribution in [0, 0.1) is 5.41 Å². The molecule has 0 bridgehead atoms. The highest BCUT2D eigenvalue weighted by atomic mass is 32.2. The van der Waals surface area contributed by atoms with E-state index in [0.29, 0.717) is 12.4 Å². The summed E-state index contributed by atoms with van der Waals surface area (Å²) >= 11 is 1.74. The van der Waals surface area contributed by atoms with Gasteiger partial charge >= 0.3 is 0 Å². The van der Waals surface area contributed by atoms with Gasteiger partial charge in [-0.2, -0.15) is 0 Å². The van der Waals surface area contributed by atoms with E-state index in [1.54, 1.807) is 11.8 Å². The topological polar surface area (TPSA) is 88.2 Å². The van der Waals surface area contributed by atoms with Gasteiger partial charge in [0.1, 0.15) is 5.84 Å². The smallest absolute Gasteiger partial charge is 0.154 e. The molecule has 1 heterocycles. The van der Waals surface area contributed by atoms with Gasteiger partial charge in [0.05, 0.1) is 0 Å². The number of nitrogens with two attached hydrogens (primary N) is 2. The molecule has 0 aromatic heterocycles. The summed E-state index contributed by atoms with van der Waals surface area (Å²) in [5.41, 5.74) is 13.0. The summed E-state index contributed by atoms with van der Waals surface area (Å²) in [6.07, 6.45) is 0. The molecule has 0 unspecified atom stereocenters. The van der Waals surface area contributed by atoms with Gasteiger partial charge in [0.25, 0.3) is 0 Å². The Morgan fingerprint density at radius 3 is 2.68 bits per heavy atom. The van der Waals surface area contributed by atoms with E-state index >= 15 is 0 Å². The Morgan fingerprint density at radius 1 is 1.11 bits per heavy atom. The van der Waals surface area contributed by atoms with E-state index in [1.807, 2.05) is 12.1 Å². The van der Waals surface area contributed by atoms with Crippen LogP contribution in [-0.2, 0) is 0 Å². The second-order valence-electron chi connectivity index (χ2n) is 4.39. The Balaban J connectivity index is 2.09. The molecular formula is C14H14N4S. The van der Waals surface area contributed by atoms with Gasteiger partial charge in [-0.15, -0.1) is 11.8 Å². The number of thioether (sulfide) groups is 1. The maximum Gasteiger partial charge on any atom is 0.154 e. The van der Waals surface area contributed by atoms with E-state index in [-0.39, 0.29) is 5.84 Å². The molecule has 0 fully saturated rings. The summed E-state index contributed by atoms with van der Waals surface area (Å²) in [5.74, 6) is 1.58. The molecule has 0 saturated heterocycles. The first-order valence-electron chi connectivity index (χ1n) is 6.03. The Bertz CT molecular complexity index is 706. The third-order valence-corrected chi connectivity index (χ3v) is 4.13. The third-order valence-electron chi connectivity index (χ3n) is 3.10. The summed E-state index contributed by atoms with van der Waals surface area (Å²) in [5, 5.41) is 10.0. The highest BCUT2D eigenvalue weighted by Crippen LogP contribution is 2.28. The van der Waals surface area contributed by atoms with Gasteiger partial charge in [-0.05, 0) is 35.0 Å². The van der Waals surface area contributed by atoms with Crippen molar-refractivity contribution in [3.63, 3.8) is 0 Å². The maximum atomic E-state index is 7.81. The Labute approximate surface area is 115 Å². The third kappa shape index (κ3) is 2.11. The molecule has 0 amide bonds. The number of aliphatic imine (C=N–C) groups is 1. The molecule has 3 rings (SSSR count). The van der Waals surface area contributed by atoms with Crippen LogP contribution in [0.2, 0.25) is 0 Å². The molecule has 0 aliphatic carbocycles. The number of fused-ring (bicyclic) bond motifs is 2. The average Bonchev–Trinajstić information content (AvgIpc) is 2.69. The fraction of sp³-hybridized carbons (Fsp3) is 0.143. The SMILES string of the molecule is N=C1N=C(N)c2cc3ccc(SCCN)cc3cc21. The maximum absolute atomic E-state index is 7.81. The fourth-order valence-electron chi connectivity index (χ4n) is 2.19. The van der Waals surface area contributed by atoms with Crippen LogP contribution in [0.3, 0.4) is 0 Å². The molecule has 0 atom stereocenters. The molecule has 1 aliphatic rings. The van der Waals surface area contributed by atoms with Gasteiger partial charge in [-0.3, -0.25) is 5.41 Å². The van der Waals surface area contributed by atoms with Crippen molar-refractivity contribution in [1.82, 2.24) is 0 Å². The van der Waals surface area contributed by atoms with Crippen molar-refractivity contribution < 1.29 is 0 Å². The van der Waals surface area contributed by atoms with Gasteiger partial charge in [-0.1, -0.05) is 6.07 Å². The second-order valence-corrected chi connectivity index (χ2v) is 5.56. The molecule has 19 heavy (non-hydrogen) atoms. The van der Waals surface area contributed by atoms with Crippen LogP contribution in [0.1, 0.15) is 11.1 Å². The number of benzene rings is 2. The van der Waals surface area contributed by atoms with E-state index in [2.05, 4.69) is 23.2 Å². The molecule has 96 valence electrons. The molecule has 5 heteroatoms. The van der Waals surface area contributed by atoms with Crippen molar-refractivity contribution in [2.75, 3.05) is 12.3 Å². The van der Waals surface area contributed by atoms with E-state index in [0.717, 1.165) is 27.7 Å².